The van der Waals surface area contributed by atoms with E-state index in [1.54, 1.807) is 6.92 Å². The molecule has 3 heterocycles. The predicted molar refractivity (Wildman–Crippen MR) is 107 cm³/mol. The van der Waals surface area contributed by atoms with Gasteiger partial charge in [0.25, 0.3) is 0 Å². The number of amidine groups is 1. The van der Waals surface area contributed by atoms with Crippen molar-refractivity contribution in [1.82, 2.24) is 9.97 Å². The maximum Gasteiger partial charge on any atom is 0.424 e. The van der Waals surface area contributed by atoms with Crippen molar-refractivity contribution >= 4 is 11.6 Å². The van der Waals surface area contributed by atoms with Crippen LogP contribution in [0.5, 0.6) is 5.75 Å². The predicted octanol–water partition coefficient (Wildman–Crippen LogP) is 3.58. The summed E-state index contributed by atoms with van der Waals surface area (Å²) in [6.45, 7) is 1.98. The van der Waals surface area contributed by atoms with Gasteiger partial charge in [0.1, 0.15) is 34.3 Å². The number of pyridine rings is 2. The van der Waals surface area contributed by atoms with Gasteiger partial charge in [-0.15, -0.1) is 0 Å². The van der Waals surface area contributed by atoms with Crippen LogP contribution in [0, 0.1) is 12.7 Å². The molecule has 0 saturated heterocycles. The number of halogens is 5. The maximum atomic E-state index is 14.6. The molecule has 0 fully saturated rings. The standard InChI is InChI=1S/C21H21F5N4O3/c1-11-6-13(32-10-22)8-28-16(11)15(31)7-12-4-5-14(23)17(29-12)19(2)9-33-20(3,18(27)30-19)21(24,25)26/h4-6,8H,7,9-10H2,1-3H3,(H2,27,30)/t19-,20+/m0/s1. The molecule has 0 saturated carbocycles. The molecule has 0 aliphatic carbocycles. The van der Waals surface area contributed by atoms with Crippen LogP contribution in [-0.2, 0) is 16.7 Å². The third-order valence-electron chi connectivity index (χ3n) is 5.33. The number of aryl methyl sites for hydroxylation is 1. The number of alkyl halides is 4. The fourth-order valence-corrected chi connectivity index (χ4v) is 3.30. The molecule has 0 amide bonds. The minimum Gasteiger partial charge on any atom is -0.461 e. The molecule has 1 aliphatic rings. The van der Waals surface area contributed by atoms with Crippen molar-refractivity contribution in [3.05, 3.63) is 52.9 Å². The molecule has 0 unspecified atom stereocenters. The largest absolute Gasteiger partial charge is 0.461 e. The number of aromatic nitrogens is 2. The van der Waals surface area contributed by atoms with E-state index in [0.717, 1.165) is 13.0 Å². The first-order valence-corrected chi connectivity index (χ1v) is 9.72. The average Bonchev–Trinajstić information content (AvgIpc) is 2.72. The van der Waals surface area contributed by atoms with E-state index in [4.69, 9.17) is 15.2 Å². The number of hydrogen-bond acceptors (Lipinski definition) is 7. The van der Waals surface area contributed by atoms with Crippen LogP contribution in [0.3, 0.4) is 0 Å². The molecule has 0 bridgehead atoms. The Labute approximate surface area is 185 Å². The zero-order valence-electron chi connectivity index (χ0n) is 18.0. The van der Waals surface area contributed by atoms with E-state index in [9.17, 15) is 26.7 Å². The fraction of sp³-hybridized carbons (Fsp3) is 0.429. The quantitative estimate of drug-likeness (QED) is 0.510. The van der Waals surface area contributed by atoms with Crippen LogP contribution < -0.4 is 10.5 Å². The maximum absolute atomic E-state index is 14.6. The summed E-state index contributed by atoms with van der Waals surface area (Å²) >= 11 is 0. The molecule has 12 heteroatoms. The second kappa shape index (κ2) is 8.65. The lowest BCUT2D eigenvalue weighted by molar-refractivity contribution is -0.249. The smallest absolute Gasteiger partial charge is 0.424 e. The van der Waals surface area contributed by atoms with Crippen LogP contribution in [0.1, 0.15) is 41.3 Å². The Kier molecular flexibility index (Phi) is 6.42. The number of ketones is 1. The number of aliphatic imine (C=N–C) groups is 1. The summed E-state index contributed by atoms with van der Waals surface area (Å²) in [7, 11) is 0. The van der Waals surface area contributed by atoms with Gasteiger partial charge in [-0.25, -0.2) is 13.8 Å². The minimum absolute atomic E-state index is 0.0873. The molecule has 0 spiro atoms. The van der Waals surface area contributed by atoms with Crippen molar-refractivity contribution < 1.29 is 36.2 Å². The fourth-order valence-electron chi connectivity index (χ4n) is 3.30. The van der Waals surface area contributed by atoms with Crippen LogP contribution in [0.4, 0.5) is 22.0 Å². The van der Waals surface area contributed by atoms with Crippen molar-refractivity contribution in [1.29, 1.82) is 0 Å². The van der Waals surface area contributed by atoms with E-state index in [1.807, 2.05) is 0 Å². The summed E-state index contributed by atoms with van der Waals surface area (Å²) in [4.78, 5) is 24.7. The van der Waals surface area contributed by atoms with Gasteiger partial charge in [0.2, 0.25) is 12.5 Å². The minimum atomic E-state index is -4.82. The van der Waals surface area contributed by atoms with Crippen molar-refractivity contribution in [3.8, 4) is 5.75 Å². The van der Waals surface area contributed by atoms with Crippen molar-refractivity contribution in [2.75, 3.05) is 13.5 Å². The lowest BCUT2D eigenvalue weighted by Gasteiger charge is -2.40. The Hall–Kier alpha value is -3.15. The first kappa shape index (κ1) is 24.5. The number of carbonyl (C=O) groups excluding carboxylic acids is 1. The highest BCUT2D eigenvalue weighted by Crippen LogP contribution is 2.40. The van der Waals surface area contributed by atoms with E-state index < -0.39 is 48.2 Å². The molecular weight excluding hydrogens is 451 g/mol. The molecule has 33 heavy (non-hydrogen) atoms. The van der Waals surface area contributed by atoms with Gasteiger partial charge in [-0.3, -0.25) is 14.8 Å². The van der Waals surface area contributed by atoms with Gasteiger partial charge < -0.3 is 15.2 Å². The summed E-state index contributed by atoms with van der Waals surface area (Å²) in [5, 5.41) is 0. The zero-order valence-corrected chi connectivity index (χ0v) is 18.0. The van der Waals surface area contributed by atoms with Crippen LogP contribution in [0.25, 0.3) is 0 Å². The van der Waals surface area contributed by atoms with Crippen LogP contribution in [0.2, 0.25) is 0 Å². The monoisotopic (exact) mass is 472 g/mol. The van der Waals surface area contributed by atoms with Crippen molar-refractivity contribution in [2.45, 2.75) is 44.5 Å². The topological polar surface area (TPSA) is 99.7 Å². The number of nitrogens with zero attached hydrogens (tertiary/aromatic N) is 3. The normalized spacial score (nSPS) is 23.2. The lowest BCUT2D eigenvalue weighted by Crippen LogP contribution is -2.60. The molecule has 3 rings (SSSR count). The highest BCUT2D eigenvalue weighted by Gasteiger charge is 2.59. The van der Waals surface area contributed by atoms with Crippen molar-refractivity contribution in [2.24, 2.45) is 10.7 Å². The first-order chi connectivity index (χ1) is 15.3. The lowest BCUT2D eigenvalue weighted by atomic mass is 9.93. The van der Waals surface area contributed by atoms with Crippen LogP contribution >= 0.6 is 0 Å². The molecule has 178 valence electrons. The summed E-state index contributed by atoms with van der Waals surface area (Å²) in [5.41, 5.74) is 1.47. The van der Waals surface area contributed by atoms with Gasteiger partial charge in [0.15, 0.2) is 5.78 Å². The average molecular weight is 472 g/mol. The third-order valence-corrected chi connectivity index (χ3v) is 5.33. The van der Waals surface area contributed by atoms with E-state index in [-0.39, 0.29) is 29.3 Å². The van der Waals surface area contributed by atoms with E-state index in [1.165, 1.54) is 25.3 Å². The molecule has 2 aromatic heterocycles. The Morgan fingerprint density at radius 3 is 2.58 bits per heavy atom. The van der Waals surface area contributed by atoms with Crippen LogP contribution in [0.15, 0.2) is 29.4 Å². The number of rotatable bonds is 6. The number of ether oxygens (including phenoxy) is 2. The zero-order chi connectivity index (χ0) is 24.6. The van der Waals surface area contributed by atoms with Crippen molar-refractivity contribution in [3.63, 3.8) is 0 Å². The van der Waals surface area contributed by atoms with Gasteiger partial charge in [0.05, 0.1) is 19.2 Å². The van der Waals surface area contributed by atoms with Gasteiger partial charge in [-0.1, -0.05) is 0 Å². The van der Waals surface area contributed by atoms with E-state index >= 15 is 0 Å². The van der Waals surface area contributed by atoms with E-state index in [0.29, 0.717) is 5.56 Å². The second-order valence-electron chi connectivity index (χ2n) is 7.91. The third kappa shape index (κ3) is 4.65. The number of hydrogen-bond donors (Lipinski definition) is 1. The summed E-state index contributed by atoms with van der Waals surface area (Å²) in [5.74, 6) is -2.00. The molecule has 1 aliphatic heterocycles. The molecular formula is C21H21F5N4O3. The van der Waals surface area contributed by atoms with Gasteiger partial charge >= 0.3 is 6.18 Å². The van der Waals surface area contributed by atoms with E-state index in [2.05, 4.69) is 15.0 Å². The molecule has 2 aromatic rings. The molecule has 0 aromatic carbocycles. The Bertz CT molecular complexity index is 1110. The van der Waals surface area contributed by atoms with Gasteiger partial charge in [-0.2, -0.15) is 13.2 Å². The number of nitrogens with two attached hydrogens (primary N) is 1. The molecule has 7 nitrogen and oxygen atoms in total. The number of carbonyl (C=O) groups is 1. The Balaban J connectivity index is 1.90. The SMILES string of the molecule is Cc1cc(OCF)cnc1C(=O)Cc1ccc(F)c([C@]2(C)CO[C@@](C)(C(F)(F)F)C(N)=N2)n1. The van der Waals surface area contributed by atoms with Gasteiger partial charge in [0, 0.05) is 5.69 Å². The molecule has 0 radical (unpaired) electrons. The first-order valence-electron chi connectivity index (χ1n) is 9.72. The summed E-state index contributed by atoms with van der Waals surface area (Å²) in [6, 6.07) is 3.75. The summed E-state index contributed by atoms with van der Waals surface area (Å²) < 4.78 is 76.6. The number of Topliss-reactive ketones (excluding diaryl/α,β-unsaturated/α-hetero) is 1. The Morgan fingerprint density at radius 2 is 2.00 bits per heavy atom. The van der Waals surface area contributed by atoms with Gasteiger partial charge in [-0.05, 0) is 44.5 Å². The highest BCUT2D eigenvalue weighted by atomic mass is 19.4. The second-order valence-corrected chi connectivity index (χ2v) is 7.91. The summed E-state index contributed by atoms with van der Waals surface area (Å²) in [6.07, 6.45) is -3.91. The Morgan fingerprint density at radius 1 is 1.30 bits per heavy atom. The molecule has 2 N–H and O–H groups in total. The van der Waals surface area contributed by atoms with Crippen LogP contribution in [-0.4, -0.2) is 46.8 Å². The highest BCUT2D eigenvalue weighted by molar-refractivity contribution is 5.96. The molecule has 2 atom stereocenters.